The molecule has 2 heterocycles. The Hall–Kier alpha value is -2.99. The average Bonchev–Trinajstić information content (AvgIpc) is 3.00. The van der Waals surface area contributed by atoms with E-state index in [0.29, 0.717) is 12.1 Å². The summed E-state index contributed by atoms with van der Waals surface area (Å²) in [6.45, 7) is 0.514. The summed E-state index contributed by atoms with van der Waals surface area (Å²) < 4.78 is 0. The molecule has 124 valence electrons. The number of thiophene rings is 1. The zero-order valence-electron chi connectivity index (χ0n) is 13.2. The molecule has 3 aromatic rings. The second kappa shape index (κ2) is 6.14. The lowest BCUT2D eigenvalue weighted by Gasteiger charge is -2.23. The van der Waals surface area contributed by atoms with Gasteiger partial charge in [-0.15, -0.1) is 11.3 Å². The molecule has 1 amide bonds. The number of fused-ring (bicyclic) bond motifs is 2. The first-order valence-corrected chi connectivity index (χ1v) is 8.71. The van der Waals surface area contributed by atoms with Crippen LogP contribution in [0, 0.1) is 10.1 Å². The van der Waals surface area contributed by atoms with Crippen LogP contribution in [0.1, 0.15) is 26.4 Å². The molecule has 0 saturated heterocycles. The van der Waals surface area contributed by atoms with Crippen LogP contribution in [0.2, 0.25) is 0 Å². The third-order valence-corrected chi connectivity index (χ3v) is 5.32. The third kappa shape index (κ3) is 2.81. The number of hydrogen-bond acceptors (Lipinski definition) is 4. The van der Waals surface area contributed by atoms with Gasteiger partial charge in [-0.1, -0.05) is 18.2 Å². The predicted molar refractivity (Wildman–Crippen MR) is 97.2 cm³/mol. The number of para-hydroxylation sites is 1. The zero-order chi connectivity index (χ0) is 17.4. The molecule has 6 heteroatoms. The highest BCUT2D eigenvalue weighted by Gasteiger charge is 2.25. The molecule has 1 aliphatic rings. The number of carbonyl (C=O) groups excluding carboxylic acids is 1. The monoisotopic (exact) mass is 350 g/mol. The topological polar surface area (TPSA) is 63.4 Å². The van der Waals surface area contributed by atoms with Crippen molar-refractivity contribution in [3.8, 4) is 0 Å². The SMILES string of the molecule is O=C(c1ccc([N+](=O)[O-])cc1)N1Cc2sccc2Cc2ccccc21. The molecule has 0 aliphatic carbocycles. The molecule has 0 bridgehead atoms. The highest BCUT2D eigenvalue weighted by atomic mass is 32.1. The standard InChI is InChI=1S/C19H14N2O3S/c22-19(13-5-7-16(8-6-13)21(23)24)20-12-18-15(9-10-25-18)11-14-3-1-2-4-17(14)20/h1-10H,11-12H2. The van der Waals surface area contributed by atoms with Gasteiger partial charge in [-0.2, -0.15) is 0 Å². The summed E-state index contributed by atoms with van der Waals surface area (Å²) in [6, 6.07) is 15.8. The Kier molecular flexibility index (Phi) is 3.82. The van der Waals surface area contributed by atoms with E-state index in [-0.39, 0.29) is 11.6 Å². The second-order valence-corrected chi connectivity index (χ2v) is 6.87. The van der Waals surface area contributed by atoms with Gasteiger partial charge in [-0.25, -0.2) is 0 Å². The van der Waals surface area contributed by atoms with Crippen molar-refractivity contribution < 1.29 is 9.72 Å². The average molecular weight is 350 g/mol. The molecule has 0 spiro atoms. The first-order chi connectivity index (χ1) is 12.1. The van der Waals surface area contributed by atoms with Gasteiger partial charge in [0.2, 0.25) is 0 Å². The van der Waals surface area contributed by atoms with Crippen molar-refractivity contribution in [1.82, 2.24) is 0 Å². The first-order valence-electron chi connectivity index (χ1n) is 7.83. The van der Waals surface area contributed by atoms with Crippen LogP contribution in [0.3, 0.4) is 0 Å². The first kappa shape index (κ1) is 15.5. The smallest absolute Gasteiger partial charge is 0.269 e. The molecule has 0 unspecified atom stereocenters. The molecule has 2 aromatic carbocycles. The number of nitro groups is 1. The molecule has 0 N–H and O–H groups in total. The fourth-order valence-corrected chi connectivity index (χ4v) is 3.98. The summed E-state index contributed by atoms with van der Waals surface area (Å²) in [6.07, 6.45) is 0.805. The van der Waals surface area contributed by atoms with Gasteiger partial charge >= 0.3 is 0 Å². The van der Waals surface area contributed by atoms with Crippen LogP contribution in [-0.2, 0) is 13.0 Å². The number of non-ortho nitro benzene ring substituents is 1. The number of amides is 1. The van der Waals surface area contributed by atoms with Crippen LogP contribution >= 0.6 is 11.3 Å². The van der Waals surface area contributed by atoms with E-state index < -0.39 is 4.92 Å². The molecule has 4 rings (SSSR count). The van der Waals surface area contributed by atoms with Gasteiger partial charge in [0.25, 0.3) is 11.6 Å². The fraction of sp³-hybridized carbons (Fsp3) is 0.105. The van der Waals surface area contributed by atoms with Gasteiger partial charge in [-0.05, 0) is 40.8 Å². The van der Waals surface area contributed by atoms with E-state index in [9.17, 15) is 14.9 Å². The van der Waals surface area contributed by atoms with Crippen molar-refractivity contribution >= 4 is 28.6 Å². The van der Waals surface area contributed by atoms with Crippen LogP contribution < -0.4 is 4.90 Å². The summed E-state index contributed by atoms with van der Waals surface area (Å²) in [5.74, 6) is -0.149. The van der Waals surface area contributed by atoms with E-state index in [1.807, 2.05) is 29.6 Å². The lowest BCUT2D eigenvalue weighted by molar-refractivity contribution is -0.384. The number of anilines is 1. The van der Waals surface area contributed by atoms with Crippen LogP contribution in [0.15, 0.2) is 60.0 Å². The van der Waals surface area contributed by atoms with E-state index in [2.05, 4.69) is 6.07 Å². The Bertz CT molecular complexity index is 963. The maximum absolute atomic E-state index is 13.1. The normalized spacial score (nSPS) is 12.9. The van der Waals surface area contributed by atoms with Crippen molar-refractivity contribution in [3.63, 3.8) is 0 Å². The van der Waals surface area contributed by atoms with Crippen molar-refractivity contribution in [1.29, 1.82) is 0 Å². The molecule has 0 fully saturated rings. The molecule has 1 aliphatic heterocycles. The molecular formula is C19H14N2O3S. The van der Waals surface area contributed by atoms with Gasteiger partial charge < -0.3 is 4.90 Å². The summed E-state index contributed by atoms with van der Waals surface area (Å²) in [7, 11) is 0. The largest absolute Gasteiger partial charge is 0.303 e. The zero-order valence-corrected chi connectivity index (χ0v) is 14.0. The molecular weight excluding hydrogens is 336 g/mol. The summed E-state index contributed by atoms with van der Waals surface area (Å²) in [5.41, 5.74) is 3.68. The van der Waals surface area contributed by atoms with Gasteiger partial charge in [0, 0.05) is 34.7 Å². The predicted octanol–water partition coefficient (Wildman–Crippen LogP) is 4.41. The number of benzene rings is 2. The summed E-state index contributed by atoms with van der Waals surface area (Å²) in [5, 5.41) is 12.9. The van der Waals surface area contributed by atoms with Crippen LogP contribution in [0.25, 0.3) is 0 Å². The Balaban J connectivity index is 1.75. The van der Waals surface area contributed by atoms with E-state index in [4.69, 9.17) is 0 Å². The van der Waals surface area contributed by atoms with Crippen molar-refractivity contribution in [2.24, 2.45) is 0 Å². The van der Waals surface area contributed by atoms with Gasteiger partial charge in [0.1, 0.15) is 0 Å². The second-order valence-electron chi connectivity index (χ2n) is 5.87. The highest BCUT2D eigenvalue weighted by molar-refractivity contribution is 7.10. The van der Waals surface area contributed by atoms with Crippen molar-refractivity contribution in [2.45, 2.75) is 13.0 Å². The van der Waals surface area contributed by atoms with Gasteiger partial charge in [-0.3, -0.25) is 14.9 Å². The number of hydrogen-bond donors (Lipinski definition) is 0. The van der Waals surface area contributed by atoms with Crippen molar-refractivity contribution in [3.05, 3.63) is 91.7 Å². The molecule has 25 heavy (non-hydrogen) atoms. The maximum Gasteiger partial charge on any atom is 0.269 e. The number of nitrogens with zero attached hydrogens (tertiary/aromatic N) is 2. The van der Waals surface area contributed by atoms with E-state index >= 15 is 0 Å². The Labute approximate surface area is 148 Å². The lowest BCUT2D eigenvalue weighted by atomic mass is 10.1. The Morgan fingerprint density at radius 1 is 1.04 bits per heavy atom. The minimum absolute atomic E-state index is 0.0200. The maximum atomic E-state index is 13.1. The molecule has 1 aromatic heterocycles. The van der Waals surface area contributed by atoms with E-state index in [0.717, 1.165) is 17.7 Å². The van der Waals surface area contributed by atoms with E-state index in [1.165, 1.54) is 34.7 Å². The summed E-state index contributed by atoms with van der Waals surface area (Å²) in [4.78, 5) is 26.4. The number of nitro benzene ring substituents is 1. The summed E-state index contributed by atoms with van der Waals surface area (Å²) >= 11 is 1.65. The van der Waals surface area contributed by atoms with Gasteiger partial charge in [0.15, 0.2) is 0 Å². The van der Waals surface area contributed by atoms with Crippen LogP contribution in [0.5, 0.6) is 0 Å². The van der Waals surface area contributed by atoms with Crippen molar-refractivity contribution in [2.75, 3.05) is 4.90 Å². The Morgan fingerprint density at radius 3 is 2.56 bits per heavy atom. The molecule has 5 nitrogen and oxygen atoms in total. The minimum atomic E-state index is -0.465. The Morgan fingerprint density at radius 2 is 1.80 bits per heavy atom. The number of rotatable bonds is 2. The quantitative estimate of drug-likeness (QED) is 0.508. The minimum Gasteiger partial charge on any atom is -0.303 e. The van der Waals surface area contributed by atoms with Crippen LogP contribution in [0.4, 0.5) is 11.4 Å². The van der Waals surface area contributed by atoms with Gasteiger partial charge in [0.05, 0.1) is 11.5 Å². The molecule has 0 atom stereocenters. The molecule has 0 saturated carbocycles. The van der Waals surface area contributed by atoms with Crippen LogP contribution in [-0.4, -0.2) is 10.8 Å². The molecule has 0 radical (unpaired) electrons. The number of carbonyl (C=O) groups is 1. The fourth-order valence-electron chi connectivity index (χ4n) is 3.08. The lowest BCUT2D eigenvalue weighted by Crippen LogP contribution is -2.30. The highest BCUT2D eigenvalue weighted by Crippen LogP contribution is 2.33. The van der Waals surface area contributed by atoms with E-state index in [1.54, 1.807) is 16.2 Å². The third-order valence-electron chi connectivity index (χ3n) is 4.37.